The smallest absolute Gasteiger partial charge is 0.412 e. The van der Waals surface area contributed by atoms with E-state index in [1.54, 1.807) is 63.2 Å². The maximum Gasteiger partial charge on any atom is 0.412 e. The number of anilines is 3. The highest BCUT2D eigenvalue weighted by atomic mass is 16.6. The summed E-state index contributed by atoms with van der Waals surface area (Å²) in [6.07, 6.45) is -0.594. The third-order valence-electron chi connectivity index (χ3n) is 3.58. The molecule has 0 radical (unpaired) electrons. The standard InChI is InChI=1S/C21H25N3O4/c1-13-9-10-17(22-14(2)25)12-18(13)24-19(26)15-7-6-8-16(11-15)23-20(27)28-21(3,4)5/h6-12H,1-5H3,(H,22,25)(H,23,27)(H,24,26). The van der Waals surface area contributed by atoms with E-state index < -0.39 is 11.7 Å². The second-order valence-corrected chi connectivity index (χ2v) is 7.37. The minimum atomic E-state index is -0.616. The molecule has 3 N–H and O–H groups in total. The van der Waals surface area contributed by atoms with Gasteiger partial charge in [0.2, 0.25) is 5.91 Å². The normalized spacial score (nSPS) is 10.8. The maximum atomic E-state index is 12.6. The lowest BCUT2D eigenvalue weighted by molar-refractivity contribution is -0.114. The minimum Gasteiger partial charge on any atom is -0.444 e. The quantitative estimate of drug-likeness (QED) is 0.721. The first kappa shape index (κ1) is 21.0. The number of benzene rings is 2. The van der Waals surface area contributed by atoms with Crippen molar-refractivity contribution in [1.82, 2.24) is 0 Å². The van der Waals surface area contributed by atoms with Gasteiger partial charge in [-0.15, -0.1) is 0 Å². The van der Waals surface area contributed by atoms with Crippen LogP contribution in [0.2, 0.25) is 0 Å². The highest BCUT2D eigenvalue weighted by molar-refractivity contribution is 6.06. The Balaban J connectivity index is 2.13. The van der Waals surface area contributed by atoms with Crippen molar-refractivity contribution < 1.29 is 19.1 Å². The highest BCUT2D eigenvalue weighted by Crippen LogP contribution is 2.22. The summed E-state index contributed by atoms with van der Waals surface area (Å²) in [7, 11) is 0. The number of carbonyl (C=O) groups excluding carboxylic acids is 3. The van der Waals surface area contributed by atoms with E-state index in [-0.39, 0.29) is 11.8 Å². The van der Waals surface area contributed by atoms with E-state index in [1.807, 2.05) is 6.92 Å². The van der Waals surface area contributed by atoms with Gasteiger partial charge in [0.1, 0.15) is 5.60 Å². The number of hydrogen-bond acceptors (Lipinski definition) is 4. The van der Waals surface area contributed by atoms with Crippen molar-refractivity contribution >= 4 is 35.0 Å². The van der Waals surface area contributed by atoms with Crippen LogP contribution in [0.3, 0.4) is 0 Å². The van der Waals surface area contributed by atoms with Gasteiger partial charge in [0.25, 0.3) is 5.91 Å². The number of carbonyl (C=O) groups is 3. The van der Waals surface area contributed by atoms with Crippen molar-refractivity contribution in [2.45, 2.75) is 40.2 Å². The molecular formula is C21H25N3O4. The number of ether oxygens (including phenoxy) is 1. The second kappa shape index (κ2) is 8.56. The SMILES string of the molecule is CC(=O)Nc1ccc(C)c(NC(=O)c2cccc(NC(=O)OC(C)(C)C)c2)c1. The molecule has 0 aliphatic carbocycles. The molecule has 0 fully saturated rings. The highest BCUT2D eigenvalue weighted by Gasteiger charge is 2.17. The molecule has 7 heteroatoms. The van der Waals surface area contributed by atoms with Crippen LogP contribution in [0.25, 0.3) is 0 Å². The topological polar surface area (TPSA) is 96.5 Å². The van der Waals surface area contributed by atoms with Crippen LogP contribution in [0, 0.1) is 6.92 Å². The van der Waals surface area contributed by atoms with Crippen molar-refractivity contribution in [3.05, 3.63) is 53.6 Å². The Hall–Kier alpha value is -3.35. The van der Waals surface area contributed by atoms with Crippen LogP contribution >= 0.6 is 0 Å². The van der Waals surface area contributed by atoms with Gasteiger partial charge >= 0.3 is 6.09 Å². The van der Waals surface area contributed by atoms with Gasteiger partial charge < -0.3 is 15.4 Å². The Labute approximate surface area is 164 Å². The van der Waals surface area contributed by atoms with Gasteiger partial charge in [-0.3, -0.25) is 14.9 Å². The summed E-state index contributed by atoms with van der Waals surface area (Å²) < 4.78 is 5.21. The number of nitrogens with one attached hydrogen (secondary N) is 3. The van der Waals surface area contributed by atoms with Gasteiger partial charge in [-0.1, -0.05) is 12.1 Å². The lowest BCUT2D eigenvalue weighted by Gasteiger charge is -2.19. The predicted molar refractivity (Wildman–Crippen MR) is 110 cm³/mol. The molecule has 0 bridgehead atoms. The Morgan fingerprint density at radius 3 is 2.21 bits per heavy atom. The fourth-order valence-corrected chi connectivity index (χ4v) is 2.39. The van der Waals surface area contributed by atoms with Crippen molar-refractivity contribution in [3.63, 3.8) is 0 Å². The lowest BCUT2D eigenvalue weighted by atomic mass is 10.1. The number of hydrogen-bond donors (Lipinski definition) is 3. The number of aryl methyl sites for hydroxylation is 1. The molecule has 0 atom stereocenters. The zero-order valence-electron chi connectivity index (χ0n) is 16.7. The van der Waals surface area contributed by atoms with E-state index in [9.17, 15) is 14.4 Å². The van der Waals surface area contributed by atoms with Gasteiger partial charge in [-0.2, -0.15) is 0 Å². The molecule has 28 heavy (non-hydrogen) atoms. The van der Waals surface area contributed by atoms with E-state index in [0.29, 0.717) is 22.6 Å². The molecule has 0 spiro atoms. The summed E-state index contributed by atoms with van der Waals surface area (Å²) in [5.41, 5.74) is 2.24. The van der Waals surface area contributed by atoms with E-state index in [2.05, 4.69) is 16.0 Å². The van der Waals surface area contributed by atoms with Crippen molar-refractivity contribution in [2.75, 3.05) is 16.0 Å². The van der Waals surface area contributed by atoms with Crippen LogP contribution in [0.1, 0.15) is 43.6 Å². The van der Waals surface area contributed by atoms with E-state index in [1.165, 1.54) is 6.92 Å². The Morgan fingerprint density at radius 1 is 0.893 bits per heavy atom. The van der Waals surface area contributed by atoms with Gasteiger partial charge in [0.05, 0.1) is 0 Å². The predicted octanol–water partition coefficient (Wildman–Crippen LogP) is 4.55. The zero-order chi connectivity index (χ0) is 20.9. The molecule has 2 aromatic carbocycles. The Kier molecular flexibility index (Phi) is 6.41. The molecule has 0 saturated carbocycles. The average molecular weight is 383 g/mol. The van der Waals surface area contributed by atoms with Crippen LogP contribution in [0.4, 0.5) is 21.9 Å². The van der Waals surface area contributed by atoms with Gasteiger partial charge in [-0.05, 0) is 63.6 Å². The van der Waals surface area contributed by atoms with E-state index >= 15 is 0 Å². The molecule has 2 aromatic rings. The van der Waals surface area contributed by atoms with Gasteiger partial charge in [-0.25, -0.2) is 4.79 Å². The van der Waals surface area contributed by atoms with E-state index in [4.69, 9.17) is 4.74 Å². The first-order valence-electron chi connectivity index (χ1n) is 8.83. The maximum absolute atomic E-state index is 12.6. The third kappa shape index (κ3) is 6.42. The fourth-order valence-electron chi connectivity index (χ4n) is 2.39. The monoisotopic (exact) mass is 383 g/mol. The van der Waals surface area contributed by atoms with Crippen LogP contribution in [0.5, 0.6) is 0 Å². The number of rotatable bonds is 4. The summed E-state index contributed by atoms with van der Waals surface area (Å²) in [5.74, 6) is -0.530. The molecule has 0 aliphatic rings. The minimum absolute atomic E-state index is 0.193. The molecule has 148 valence electrons. The molecule has 0 aliphatic heterocycles. The molecule has 0 aromatic heterocycles. The van der Waals surface area contributed by atoms with Crippen LogP contribution in [-0.4, -0.2) is 23.5 Å². The Morgan fingerprint density at radius 2 is 1.57 bits per heavy atom. The summed E-state index contributed by atoms with van der Waals surface area (Å²) in [6, 6.07) is 11.8. The molecule has 7 nitrogen and oxygen atoms in total. The average Bonchev–Trinajstić information content (AvgIpc) is 2.55. The molecule has 0 saturated heterocycles. The summed E-state index contributed by atoms with van der Waals surface area (Å²) >= 11 is 0. The first-order valence-corrected chi connectivity index (χ1v) is 8.83. The number of amides is 3. The molecule has 0 heterocycles. The molecule has 3 amide bonds. The lowest BCUT2D eigenvalue weighted by Crippen LogP contribution is -2.27. The second-order valence-electron chi connectivity index (χ2n) is 7.37. The zero-order valence-corrected chi connectivity index (χ0v) is 16.7. The largest absolute Gasteiger partial charge is 0.444 e. The van der Waals surface area contributed by atoms with Crippen molar-refractivity contribution in [2.24, 2.45) is 0 Å². The van der Waals surface area contributed by atoms with Crippen LogP contribution in [-0.2, 0) is 9.53 Å². The third-order valence-corrected chi connectivity index (χ3v) is 3.58. The van der Waals surface area contributed by atoms with Gasteiger partial charge in [0, 0.05) is 29.5 Å². The Bertz CT molecular complexity index is 901. The van der Waals surface area contributed by atoms with E-state index in [0.717, 1.165) is 5.56 Å². The van der Waals surface area contributed by atoms with Crippen molar-refractivity contribution in [1.29, 1.82) is 0 Å². The summed E-state index contributed by atoms with van der Waals surface area (Å²) in [5, 5.41) is 8.12. The van der Waals surface area contributed by atoms with Crippen LogP contribution in [0.15, 0.2) is 42.5 Å². The fraction of sp³-hybridized carbons (Fsp3) is 0.286. The van der Waals surface area contributed by atoms with Gasteiger partial charge in [0.15, 0.2) is 0 Å². The molecule has 0 unspecified atom stereocenters. The molecular weight excluding hydrogens is 358 g/mol. The molecule has 2 rings (SSSR count). The van der Waals surface area contributed by atoms with Crippen LogP contribution < -0.4 is 16.0 Å². The van der Waals surface area contributed by atoms with Crippen molar-refractivity contribution in [3.8, 4) is 0 Å². The summed E-state index contributed by atoms with van der Waals surface area (Å²) in [6.45, 7) is 8.59. The summed E-state index contributed by atoms with van der Waals surface area (Å²) in [4.78, 5) is 35.7. The first-order chi connectivity index (χ1) is 13.0.